The molecular weight excluding hydrogens is 429 g/mol. The molecule has 1 aliphatic rings. The van der Waals surface area contributed by atoms with E-state index >= 15 is 0 Å². The quantitative estimate of drug-likeness (QED) is 0.317. The van der Waals surface area contributed by atoms with Crippen LogP contribution in [0.25, 0.3) is 22.2 Å². The third-order valence-corrected chi connectivity index (χ3v) is 7.96. The van der Waals surface area contributed by atoms with E-state index in [0.717, 1.165) is 34.4 Å². The smallest absolute Gasteiger partial charge is 0.342 e. The molecule has 0 amide bonds. The van der Waals surface area contributed by atoms with Crippen LogP contribution in [0.2, 0.25) is 0 Å². The molecule has 1 saturated carbocycles. The fourth-order valence-electron chi connectivity index (χ4n) is 4.27. The fraction of sp³-hybridized carbons (Fsp3) is 0.231. The topological polar surface area (TPSA) is 28.7 Å². The van der Waals surface area contributed by atoms with Crippen LogP contribution in [0.1, 0.15) is 42.1 Å². The van der Waals surface area contributed by atoms with Gasteiger partial charge < -0.3 is 4.98 Å². The van der Waals surface area contributed by atoms with Gasteiger partial charge in [-0.2, -0.15) is 23.7 Å². The van der Waals surface area contributed by atoms with Gasteiger partial charge in [-0.15, -0.1) is 0 Å². The zero-order valence-electron chi connectivity index (χ0n) is 17.8. The summed E-state index contributed by atoms with van der Waals surface area (Å²) in [5, 5.41) is 2.22. The molecule has 1 aromatic heterocycles. The Hall–Kier alpha value is -2.86. The van der Waals surface area contributed by atoms with E-state index in [2.05, 4.69) is 59.9 Å². The monoisotopic (exact) mass is 452 g/mol. The summed E-state index contributed by atoms with van der Waals surface area (Å²) >= 11 is 0. The van der Waals surface area contributed by atoms with Gasteiger partial charge in [0.25, 0.3) is 0 Å². The molecule has 3 aromatic carbocycles. The van der Waals surface area contributed by atoms with E-state index in [-0.39, 0.29) is 22.3 Å². The van der Waals surface area contributed by atoms with Gasteiger partial charge in [-0.1, -0.05) is 41.8 Å². The molecule has 164 valence electrons. The summed E-state index contributed by atoms with van der Waals surface area (Å²) in [7, 11) is 0.0671. The molecule has 5 rings (SSSR count). The zero-order chi connectivity index (χ0) is 22.5. The summed E-state index contributed by atoms with van der Waals surface area (Å²) in [6.07, 6.45) is -1.18. The van der Waals surface area contributed by atoms with Crippen LogP contribution >= 0.6 is 10.5 Å². The van der Waals surface area contributed by atoms with Crippen molar-refractivity contribution in [2.75, 3.05) is 6.26 Å². The van der Waals surface area contributed by atoms with Crippen molar-refractivity contribution in [1.29, 1.82) is 0 Å². The highest BCUT2D eigenvalue weighted by Gasteiger charge is 2.42. The van der Waals surface area contributed by atoms with E-state index in [1.54, 1.807) is 12.1 Å². The summed E-state index contributed by atoms with van der Waals surface area (Å²) in [5.74, 6) is 1.33. The predicted molar refractivity (Wildman–Crippen MR) is 127 cm³/mol. The summed E-state index contributed by atoms with van der Waals surface area (Å²) in [4.78, 5) is 9.56. The minimum atomic E-state index is -4.30. The lowest BCUT2D eigenvalue weighted by molar-refractivity contribution is -0.137. The van der Waals surface area contributed by atoms with Crippen molar-refractivity contribution in [2.24, 2.45) is 0 Å². The van der Waals surface area contributed by atoms with Crippen LogP contribution < -0.4 is 0 Å². The molecule has 0 bridgehead atoms. The van der Waals surface area contributed by atoms with Crippen molar-refractivity contribution in [3.8, 4) is 11.1 Å². The number of aromatic amines is 1. The third-order valence-electron chi connectivity index (χ3n) is 6.21. The number of rotatable bonds is 4. The molecule has 3 atom stereocenters. The number of nitrogens with zero attached hydrogens (tertiary/aromatic N) is 1. The summed E-state index contributed by atoms with van der Waals surface area (Å²) in [6.45, 7) is 2.09. The van der Waals surface area contributed by atoms with Gasteiger partial charge in [-0.25, -0.2) is 4.98 Å². The van der Waals surface area contributed by atoms with Gasteiger partial charge >= 0.3 is 6.18 Å². The molecule has 1 heterocycles. The maximum atomic E-state index is 12.8. The van der Waals surface area contributed by atoms with E-state index in [0.29, 0.717) is 0 Å². The maximum Gasteiger partial charge on any atom is 0.416 e. The van der Waals surface area contributed by atoms with Gasteiger partial charge in [-0.05, 0) is 72.5 Å². The standard InChI is InChI=1S/C26H23F3N2S/c1-3-32(2)24-7-5-4-6-19(24)17-10-13-22-23(14-17)31-25(30-22)21-15-20(21)16-8-11-18(12-9-16)26(27,28)29/h3-14,20-21H,15H2,1-2H3,(H,30,31). The summed E-state index contributed by atoms with van der Waals surface area (Å²) in [6, 6.07) is 20.3. The second kappa shape index (κ2) is 7.93. The number of hydrogen-bond donors (Lipinski definition) is 1. The number of hydrogen-bond acceptors (Lipinski definition) is 1. The Morgan fingerprint density at radius 3 is 2.47 bits per heavy atom. The van der Waals surface area contributed by atoms with Gasteiger partial charge in [0.05, 0.1) is 16.6 Å². The average molecular weight is 453 g/mol. The van der Waals surface area contributed by atoms with Crippen LogP contribution in [0.15, 0.2) is 71.6 Å². The molecule has 4 aromatic rings. The number of alkyl halides is 3. The van der Waals surface area contributed by atoms with Crippen LogP contribution in [0.5, 0.6) is 0 Å². The highest BCUT2D eigenvalue weighted by atomic mass is 32.2. The first-order valence-corrected chi connectivity index (χ1v) is 12.2. The van der Waals surface area contributed by atoms with Gasteiger partial charge in [0.1, 0.15) is 5.82 Å². The van der Waals surface area contributed by atoms with Gasteiger partial charge in [0, 0.05) is 10.8 Å². The highest BCUT2D eigenvalue weighted by Crippen LogP contribution is 2.54. The average Bonchev–Trinajstić information content (AvgIpc) is 3.49. The zero-order valence-corrected chi connectivity index (χ0v) is 18.6. The van der Waals surface area contributed by atoms with Crippen LogP contribution in [0, 0.1) is 0 Å². The first-order valence-electron chi connectivity index (χ1n) is 10.6. The lowest BCUT2D eigenvalue weighted by Gasteiger charge is -2.11. The Labute approximate surface area is 187 Å². The van der Waals surface area contributed by atoms with Gasteiger partial charge in [-0.3, -0.25) is 0 Å². The molecule has 0 radical (unpaired) electrons. The Bertz CT molecular complexity index is 1320. The predicted octanol–water partition coefficient (Wildman–Crippen LogP) is 7.60. The van der Waals surface area contributed by atoms with Crippen molar-refractivity contribution in [3.05, 3.63) is 83.7 Å². The number of halogens is 3. The molecule has 1 fully saturated rings. The van der Waals surface area contributed by atoms with Gasteiger partial charge in [0.15, 0.2) is 0 Å². The lowest BCUT2D eigenvalue weighted by atomic mass is 10.1. The van der Waals surface area contributed by atoms with Gasteiger partial charge in [0.2, 0.25) is 0 Å². The Morgan fingerprint density at radius 1 is 1.00 bits per heavy atom. The fourth-order valence-corrected chi connectivity index (χ4v) is 5.35. The molecular formula is C26H23F3N2S. The summed E-state index contributed by atoms with van der Waals surface area (Å²) < 4.78 is 38.5. The lowest BCUT2D eigenvalue weighted by Crippen LogP contribution is -2.04. The summed E-state index contributed by atoms with van der Waals surface area (Å²) in [5.41, 5.74) is 4.61. The van der Waals surface area contributed by atoms with Crippen molar-refractivity contribution in [1.82, 2.24) is 9.97 Å². The first-order chi connectivity index (χ1) is 15.3. The van der Waals surface area contributed by atoms with E-state index in [9.17, 15) is 13.2 Å². The molecule has 32 heavy (non-hydrogen) atoms. The molecule has 6 heteroatoms. The second-order valence-electron chi connectivity index (χ2n) is 8.21. The van der Waals surface area contributed by atoms with Crippen molar-refractivity contribution in [3.63, 3.8) is 0 Å². The Balaban J connectivity index is 1.42. The minimum absolute atomic E-state index is 0.0671. The normalized spacial score (nSPS) is 19.4. The number of nitrogens with one attached hydrogen (secondary N) is 1. The number of aromatic nitrogens is 2. The number of imidazole rings is 1. The largest absolute Gasteiger partial charge is 0.416 e. The molecule has 3 unspecified atom stereocenters. The molecule has 1 N–H and O–H groups in total. The van der Waals surface area contributed by atoms with Crippen molar-refractivity contribution in [2.45, 2.75) is 36.3 Å². The van der Waals surface area contributed by atoms with Crippen LogP contribution in [0.3, 0.4) is 0 Å². The van der Waals surface area contributed by atoms with E-state index in [1.807, 2.05) is 6.07 Å². The minimum Gasteiger partial charge on any atom is -0.342 e. The van der Waals surface area contributed by atoms with Crippen molar-refractivity contribution < 1.29 is 13.2 Å². The number of benzene rings is 3. The number of fused-ring (bicyclic) bond motifs is 1. The van der Waals surface area contributed by atoms with Crippen LogP contribution in [-0.4, -0.2) is 21.6 Å². The molecule has 1 aliphatic carbocycles. The third kappa shape index (κ3) is 3.88. The SMILES string of the molecule is C/C=S(/C)c1ccccc1-c1ccc2nc(C3CC3c3ccc(C(F)(F)F)cc3)[nH]c2c1. The Morgan fingerprint density at radius 2 is 1.75 bits per heavy atom. The van der Waals surface area contributed by atoms with Crippen molar-refractivity contribution >= 4 is 26.9 Å². The number of H-pyrrole nitrogens is 1. The molecule has 0 spiro atoms. The van der Waals surface area contributed by atoms with Crippen LogP contribution in [-0.2, 0) is 6.18 Å². The van der Waals surface area contributed by atoms with Crippen LogP contribution in [0.4, 0.5) is 13.2 Å². The van der Waals surface area contributed by atoms with E-state index in [1.165, 1.54) is 22.6 Å². The van der Waals surface area contributed by atoms with E-state index in [4.69, 9.17) is 4.98 Å². The second-order valence-corrected chi connectivity index (χ2v) is 10.2. The Kier molecular flexibility index (Phi) is 5.20. The maximum absolute atomic E-state index is 12.8. The molecule has 2 nitrogen and oxygen atoms in total. The van der Waals surface area contributed by atoms with E-state index < -0.39 is 11.7 Å². The first kappa shape index (κ1) is 21.0. The molecule has 0 saturated heterocycles. The highest BCUT2D eigenvalue weighted by molar-refractivity contribution is 8.14. The molecule has 0 aliphatic heterocycles.